The average molecular weight is 529 g/mol. The number of nitrogens with zero attached hydrogens (tertiary/aromatic N) is 2. The van der Waals surface area contributed by atoms with Gasteiger partial charge in [0.2, 0.25) is 0 Å². The zero-order valence-electron chi connectivity index (χ0n) is 22.1. The summed E-state index contributed by atoms with van der Waals surface area (Å²) in [5, 5.41) is 18.9. The number of rotatable bonds is 10. The van der Waals surface area contributed by atoms with Gasteiger partial charge < -0.3 is 24.6 Å². The van der Waals surface area contributed by atoms with E-state index in [1.54, 1.807) is 11.9 Å². The van der Waals surface area contributed by atoms with Crippen LogP contribution in [0.15, 0.2) is 79.0 Å². The van der Waals surface area contributed by atoms with Crippen molar-refractivity contribution in [2.24, 2.45) is 0 Å². The third-order valence-corrected chi connectivity index (χ3v) is 8.19. The van der Waals surface area contributed by atoms with Gasteiger partial charge in [0.05, 0.1) is 23.3 Å². The molecule has 0 saturated heterocycles. The maximum absolute atomic E-state index is 13.7. The number of aliphatic hydroxyl groups is 1. The molecule has 0 aliphatic carbocycles. The molecule has 0 unspecified atom stereocenters. The van der Waals surface area contributed by atoms with Crippen LogP contribution in [0.3, 0.4) is 0 Å². The van der Waals surface area contributed by atoms with Crippen LogP contribution in [0.25, 0.3) is 10.9 Å². The van der Waals surface area contributed by atoms with E-state index >= 15 is 0 Å². The minimum atomic E-state index is -0.751. The summed E-state index contributed by atoms with van der Waals surface area (Å²) in [5.41, 5.74) is 6.35. The molecular formula is C31H36N4O2S. The molecule has 1 aliphatic heterocycles. The number of nitrogens with one attached hydrogen (secondary N) is 2. The molecule has 0 bridgehead atoms. The van der Waals surface area contributed by atoms with Gasteiger partial charge in [0.25, 0.3) is 5.91 Å². The number of carbonyl (C=O) groups is 1. The first-order valence-corrected chi connectivity index (χ1v) is 14.3. The second-order valence-electron chi connectivity index (χ2n) is 9.88. The second kappa shape index (κ2) is 12.1. The maximum atomic E-state index is 13.7. The SMILES string of the molecule is CCc1cn2c3c(cc(C(=O)N[C@@H](Cc4ccccc4)[C@H](O)CNCc4ccccc4)cc13)N(C)SCC2. The van der Waals surface area contributed by atoms with Crippen molar-refractivity contribution in [1.82, 2.24) is 15.2 Å². The lowest BCUT2D eigenvalue weighted by Crippen LogP contribution is -2.48. The van der Waals surface area contributed by atoms with Crippen molar-refractivity contribution in [3.05, 3.63) is 101 Å². The number of aliphatic hydroxyl groups excluding tert-OH is 1. The number of amides is 1. The highest BCUT2D eigenvalue weighted by atomic mass is 32.2. The Kier molecular flexibility index (Phi) is 8.37. The van der Waals surface area contributed by atoms with E-state index in [2.05, 4.69) is 51.8 Å². The molecule has 1 aromatic heterocycles. The highest BCUT2D eigenvalue weighted by Gasteiger charge is 2.25. The fourth-order valence-electron chi connectivity index (χ4n) is 5.17. The third-order valence-electron chi connectivity index (χ3n) is 7.24. The number of hydrogen-bond acceptors (Lipinski definition) is 5. The van der Waals surface area contributed by atoms with E-state index in [1.165, 1.54) is 11.1 Å². The van der Waals surface area contributed by atoms with Gasteiger partial charge in [-0.15, -0.1) is 0 Å². The van der Waals surface area contributed by atoms with E-state index in [4.69, 9.17) is 0 Å². The molecule has 1 amide bonds. The van der Waals surface area contributed by atoms with E-state index in [9.17, 15) is 9.90 Å². The largest absolute Gasteiger partial charge is 0.390 e. The van der Waals surface area contributed by atoms with Crippen LogP contribution in [0.5, 0.6) is 0 Å². The smallest absolute Gasteiger partial charge is 0.251 e. The average Bonchev–Trinajstić information content (AvgIpc) is 3.22. The van der Waals surface area contributed by atoms with E-state index in [0.29, 0.717) is 25.1 Å². The molecule has 3 aromatic carbocycles. The molecule has 2 atom stereocenters. The van der Waals surface area contributed by atoms with Crippen LogP contribution < -0.4 is 14.9 Å². The highest BCUT2D eigenvalue weighted by Crippen LogP contribution is 2.37. The summed E-state index contributed by atoms with van der Waals surface area (Å²) in [6, 6.07) is 23.7. The molecule has 0 spiro atoms. The molecule has 198 valence electrons. The first-order valence-electron chi connectivity index (χ1n) is 13.3. The topological polar surface area (TPSA) is 69.5 Å². The van der Waals surface area contributed by atoms with Crippen molar-refractivity contribution < 1.29 is 9.90 Å². The van der Waals surface area contributed by atoms with Gasteiger partial charge in [-0.2, -0.15) is 0 Å². The van der Waals surface area contributed by atoms with Crippen LogP contribution in [0.4, 0.5) is 5.69 Å². The highest BCUT2D eigenvalue weighted by molar-refractivity contribution is 8.00. The Hall–Kier alpha value is -3.26. The molecule has 38 heavy (non-hydrogen) atoms. The molecule has 4 aromatic rings. The van der Waals surface area contributed by atoms with E-state index in [0.717, 1.165) is 40.9 Å². The first-order chi connectivity index (χ1) is 18.5. The zero-order valence-corrected chi connectivity index (χ0v) is 22.9. The summed E-state index contributed by atoms with van der Waals surface area (Å²) in [4.78, 5) is 13.7. The molecule has 2 heterocycles. The van der Waals surface area contributed by atoms with Crippen LogP contribution in [0, 0.1) is 0 Å². The van der Waals surface area contributed by atoms with Crippen molar-refractivity contribution in [1.29, 1.82) is 0 Å². The van der Waals surface area contributed by atoms with Gasteiger partial charge in [0.15, 0.2) is 0 Å². The van der Waals surface area contributed by atoms with Gasteiger partial charge in [0, 0.05) is 49.6 Å². The normalized spacial score (nSPS) is 14.8. The lowest BCUT2D eigenvalue weighted by atomic mass is 9.99. The molecule has 0 radical (unpaired) electrons. The van der Waals surface area contributed by atoms with E-state index < -0.39 is 12.1 Å². The van der Waals surface area contributed by atoms with Crippen molar-refractivity contribution in [2.75, 3.05) is 23.7 Å². The monoisotopic (exact) mass is 528 g/mol. The number of benzene rings is 3. The van der Waals surface area contributed by atoms with Gasteiger partial charge in [-0.05, 0) is 53.6 Å². The molecule has 7 heteroatoms. The Balaban J connectivity index is 1.38. The predicted octanol–water partition coefficient (Wildman–Crippen LogP) is 4.79. The minimum Gasteiger partial charge on any atom is -0.390 e. The number of carbonyl (C=O) groups excluding carboxylic acids is 1. The number of anilines is 1. The number of aryl methyl sites for hydroxylation is 2. The van der Waals surface area contributed by atoms with Gasteiger partial charge in [-0.1, -0.05) is 67.6 Å². The summed E-state index contributed by atoms with van der Waals surface area (Å²) in [5.74, 6) is 0.824. The summed E-state index contributed by atoms with van der Waals surface area (Å²) in [6.45, 7) is 4.14. The zero-order chi connectivity index (χ0) is 26.5. The molecular weight excluding hydrogens is 492 g/mol. The fourth-order valence-corrected chi connectivity index (χ4v) is 6.00. The second-order valence-corrected chi connectivity index (χ2v) is 11.1. The van der Waals surface area contributed by atoms with Gasteiger partial charge in [0.1, 0.15) is 0 Å². The predicted molar refractivity (Wildman–Crippen MR) is 158 cm³/mol. The number of aromatic nitrogens is 1. The van der Waals surface area contributed by atoms with Gasteiger partial charge in [-0.3, -0.25) is 4.79 Å². The van der Waals surface area contributed by atoms with E-state index in [-0.39, 0.29) is 5.91 Å². The molecule has 1 aliphatic rings. The van der Waals surface area contributed by atoms with Crippen LogP contribution >= 0.6 is 11.9 Å². The van der Waals surface area contributed by atoms with Crippen molar-refractivity contribution in [3.8, 4) is 0 Å². The number of hydrogen-bond donors (Lipinski definition) is 3. The minimum absolute atomic E-state index is 0.163. The quantitative estimate of drug-likeness (QED) is 0.258. The summed E-state index contributed by atoms with van der Waals surface area (Å²) >= 11 is 1.77. The Bertz CT molecular complexity index is 1370. The van der Waals surface area contributed by atoms with Gasteiger partial charge in [-0.25, -0.2) is 0 Å². The standard InChI is InChI=1S/C31H36N4O2S/c1-3-24-21-35-14-15-38-34(2)28-18-25(17-26(24)30(28)35)31(37)33-27(16-22-10-6-4-7-11-22)29(36)20-32-19-23-12-8-5-9-13-23/h4-13,17-18,21,27,29,32,36H,3,14-16,19-20H2,1-2H3,(H,33,37)/t27-,29+/m0/s1. The molecule has 3 N–H and O–H groups in total. The van der Waals surface area contributed by atoms with Crippen molar-refractivity contribution in [2.45, 2.75) is 45.0 Å². The van der Waals surface area contributed by atoms with E-state index in [1.807, 2.05) is 60.7 Å². The van der Waals surface area contributed by atoms with Gasteiger partial charge >= 0.3 is 0 Å². The Labute approximate surface area is 229 Å². The summed E-state index contributed by atoms with van der Waals surface area (Å²) < 4.78 is 4.49. The lowest BCUT2D eigenvalue weighted by molar-refractivity contribution is 0.0830. The van der Waals surface area contributed by atoms with Crippen LogP contribution in [-0.4, -0.2) is 47.1 Å². The fraction of sp³-hybridized carbons (Fsp3) is 0.323. The summed E-state index contributed by atoms with van der Waals surface area (Å²) in [7, 11) is 2.07. The van der Waals surface area contributed by atoms with Crippen LogP contribution in [-0.2, 0) is 25.9 Å². The summed E-state index contributed by atoms with van der Waals surface area (Å²) in [6.07, 6.45) is 2.93. The third kappa shape index (κ3) is 5.90. The Morgan fingerprint density at radius 3 is 2.47 bits per heavy atom. The van der Waals surface area contributed by atoms with Crippen LogP contribution in [0.1, 0.15) is 34.0 Å². The Morgan fingerprint density at radius 2 is 1.76 bits per heavy atom. The molecule has 6 nitrogen and oxygen atoms in total. The Morgan fingerprint density at radius 1 is 1.05 bits per heavy atom. The maximum Gasteiger partial charge on any atom is 0.251 e. The molecule has 0 saturated carbocycles. The molecule has 5 rings (SSSR count). The lowest BCUT2D eigenvalue weighted by Gasteiger charge is -2.25. The van der Waals surface area contributed by atoms with Crippen LogP contribution in [0.2, 0.25) is 0 Å². The first kappa shape index (κ1) is 26.4. The van der Waals surface area contributed by atoms with Crippen molar-refractivity contribution in [3.63, 3.8) is 0 Å². The van der Waals surface area contributed by atoms with Crippen molar-refractivity contribution >= 4 is 34.4 Å². The molecule has 0 fully saturated rings.